The molecule has 1 saturated heterocycles. The first kappa shape index (κ1) is 19.5. The average molecular weight is 369 g/mol. The normalized spacial score (nSPS) is 22.4. The van der Waals surface area contributed by atoms with Crippen LogP contribution in [0.1, 0.15) is 41.1 Å². The van der Waals surface area contributed by atoms with Gasteiger partial charge in [0.25, 0.3) is 0 Å². The predicted octanol–water partition coefficient (Wildman–Crippen LogP) is 3.04. The lowest BCUT2D eigenvalue weighted by atomic mass is 9.88. The number of rotatable bonds is 5. The van der Waals surface area contributed by atoms with E-state index in [1.165, 1.54) is 13.2 Å². The van der Waals surface area contributed by atoms with E-state index in [2.05, 4.69) is 16.1 Å². The zero-order valence-electron chi connectivity index (χ0n) is 14.1. The average Bonchev–Trinajstić information content (AvgIpc) is 3.44. The summed E-state index contributed by atoms with van der Waals surface area (Å²) in [5, 5.41) is 12.4. The minimum Gasteiger partial charge on any atom is -0.493 e. The quantitative estimate of drug-likeness (QED) is 0.809. The lowest BCUT2D eigenvalue weighted by Crippen LogP contribution is -2.38. The zero-order valence-corrected chi connectivity index (χ0v) is 14.9. The number of piperidine rings is 1. The molecule has 3 rings (SSSR count). The molecule has 0 radical (unpaired) electrons. The Labute approximate surface area is 152 Å². The minimum absolute atomic E-state index is 0. The Hall–Kier alpha value is -1.84. The summed E-state index contributed by atoms with van der Waals surface area (Å²) >= 11 is 0. The molecule has 1 aliphatic carbocycles. The molecule has 1 saturated carbocycles. The van der Waals surface area contributed by atoms with Gasteiger partial charge in [0.1, 0.15) is 11.6 Å². The van der Waals surface area contributed by atoms with Crippen LogP contribution >= 0.6 is 12.4 Å². The van der Waals surface area contributed by atoms with E-state index < -0.39 is 11.8 Å². The van der Waals surface area contributed by atoms with Crippen LogP contribution in [0.3, 0.4) is 0 Å². The number of nitrogens with zero attached hydrogens (tertiary/aromatic N) is 1. The molecule has 2 fully saturated rings. The van der Waals surface area contributed by atoms with E-state index in [1.807, 2.05) is 0 Å². The van der Waals surface area contributed by atoms with Gasteiger partial charge in [0.15, 0.2) is 0 Å². The predicted molar refractivity (Wildman–Crippen MR) is 92.5 cm³/mol. The van der Waals surface area contributed by atoms with Crippen LogP contribution in [0.4, 0.5) is 4.39 Å². The number of carbonyl (C=O) groups is 1. The van der Waals surface area contributed by atoms with Gasteiger partial charge in [0.05, 0.1) is 31.3 Å². The standard InChI is InChI=1S/C18H21FN2O3.ClH/c1-23-18(22)15-6-14(11-2-3-11)17(7-16(15)19)24-10-12-4-5-21-9-13(12)8-20;/h6-7,11-13,21H,2-5,9-10H2,1H3;1H. The largest absolute Gasteiger partial charge is 0.493 e. The number of nitrogens with one attached hydrogen (secondary N) is 1. The van der Waals surface area contributed by atoms with Crippen LogP contribution in [-0.4, -0.2) is 32.8 Å². The first-order chi connectivity index (χ1) is 11.6. The number of hydrogen-bond acceptors (Lipinski definition) is 5. The van der Waals surface area contributed by atoms with E-state index in [9.17, 15) is 14.4 Å². The van der Waals surface area contributed by atoms with Gasteiger partial charge in [-0.05, 0) is 43.4 Å². The van der Waals surface area contributed by atoms with E-state index >= 15 is 0 Å². The Morgan fingerprint density at radius 3 is 2.80 bits per heavy atom. The molecule has 0 amide bonds. The Balaban J connectivity index is 0.00000225. The molecular weight excluding hydrogens is 347 g/mol. The van der Waals surface area contributed by atoms with Gasteiger partial charge >= 0.3 is 5.97 Å². The van der Waals surface area contributed by atoms with E-state index in [1.54, 1.807) is 6.07 Å². The van der Waals surface area contributed by atoms with Crippen molar-refractivity contribution in [1.29, 1.82) is 5.26 Å². The van der Waals surface area contributed by atoms with Crippen molar-refractivity contribution >= 4 is 18.4 Å². The molecule has 25 heavy (non-hydrogen) atoms. The second-order valence-corrected chi connectivity index (χ2v) is 6.44. The molecule has 136 valence electrons. The summed E-state index contributed by atoms with van der Waals surface area (Å²) in [5.41, 5.74) is 0.808. The van der Waals surface area contributed by atoms with Crippen LogP contribution < -0.4 is 10.1 Å². The maximum absolute atomic E-state index is 14.2. The summed E-state index contributed by atoms with van der Waals surface area (Å²) in [7, 11) is 1.24. The molecule has 0 aromatic heterocycles. The Morgan fingerprint density at radius 2 is 2.16 bits per heavy atom. The number of halogens is 2. The molecule has 7 heteroatoms. The molecule has 1 heterocycles. The monoisotopic (exact) mass is 368 g/mol. The van der Waals surface area contributed by atoms with Gasteiger partial charge in [-0.1, -0.05) is 0 Å². The number of esters is 1. The highest BCUT2D eigenvalue weighted by atomic mass is 35.5. The van der Waals surface area contributed by atoms with Gasteiger partial charge in [0.2, 0.25) is 0 Å². The van der Waals surface area contributed by atoms with Crippen LogP contribution in [-0.2, 0) is 4.74 Å². The molecule has 1 N–H and O–H groups in total. The second kappa shape index (κ2) is 8.50. The Bertz CT molecular complexity index is 673. The van der Waals surface area contributed by atoms with Crippen molar-refractivity contribution < 1.29 is 18.7 Å². The van der Waals surface area contributed by atoms with Crippen LogP contribution in [0.2, 0.25) is 0 Å². The highest BCUT2D eigenvalue weighted by Crippen LogP contribution is 2.45. The van der Waals surface area contributed by atoms with E-state index in [4.69, 9.17) is 4.74 Å². The van der Waals surface area contributed by atoms with Crippen LogP contribution in [0.5, 0.6) is 5.75 Å². The minimum atomic E-state index is -0.677. The maximum Gasteiger partial charge on any atom is 0.340 e. The molecular formula is C18H22ClFN2O3. The third kappa shape index (κ3) is 4.42. The summed E-state index contributed by atoms with van der Waals surface area (Å²) < 4.78 is 24.7. The number of nitriles is 1. The summed E-state index contributed by atoms with van der Waals surface area (Å²) in [5.74, 6) is -0.483. The van der Waals surface area contributed by atoms with Gasteiger partial charge in [-0.3, -0.25) is 0 Å². The second-order valence-electron chi connectivity index (χ2n) is 6.44. The van der Waals surface area contributed by atoms with Gasteiger partial charge in [-0.25, -0.2) is 9.18 Å². The fraction of sp³-hybridized carbons (Fsp3) is 0.556. The fourth-order valence-electron chi connectivity index (χ4n) is 3.14. The molecule has 5 nitrogen and oxygen atoms in total. The number of benzene rings is 1. The summed E-state index contributed by atoms with van der Waals surface area (Å²) in [6, 6.07) is 5.14. The molecule has 0 spiro atoms. The molecule has 1 aliphatic heterocycles. The van der Waals surface area contributed by atoms with Crippen LogP contribution in [0.15, 0.2) is 12.1 Å². The zero-order chi connectivity index (χ0) is 17.1. The summed E-state index contributed by atoms with van der Waals surface area (Å²) in [6.45, 7) is 1.91. The van der Waals surface area contributed by atoms with Crippen LogP contribution in [0.25, 0.3) is 0 Å². The van der Waals surface area contributed by atoms with Crippen molar-refractivity contribution in [3.8, 4) is 11.8 Å². The van der Waals surface area contributed by atoms with E-state index in [0.29, 0.717) is 24.8 Å². The molecule has 1 aromatic rings. The SMILES string of the molecule is COC(=O)c1cc(C2CC2)c(OCC2CCNCC2C#N)cc1F.Cl. The molecule has 2 aliphatic rings. The number of ether oxygens (including phenoxy) is 2. The number of carbonyl (C=O) groups excluding carboxylic acids is 1. The molecule has 0 bridgehead atoms. The van der Waals surface area contributed by atoms with Crippen molar-refractivity contribution in [2.45, 2.75) is 25.2 Å². The first-order valence-corrected chi connectivity index (χ1v) is 8.29. The first-order valence-electron chi connectivity index (χ1n) is 8.29. The highest BCUT2D eigenvalue weighted by Gasteiger charge is 2.31. The van der Waals surface area contributed by atoms with Crippen molar-refractivity contribution in [2.75, 3.05) is 26.8 Å². The highest BCUT2D eigenvalue weighted by molar-refractivity contribution is 5.90. The summed E-state index contributed by atoms with van der Waals surface area (Å²) in [4.78, 5) is 11.7. The van der Waals surface area contributed by atoms with Gasteiger partial charge in [-0.2, -0.15) is 5.26 Å². The van der Waals surface area contributed by atoms with Crippen LogP contribution in [0, 0.1) is 29.0 Å². The summed E-state index contributed by atoms with van der Waals surface area (Å²) in [6.07, 6.45) is 2.88. The third-order valence-corrected chi connectivity index (χ3v) is 4.77. The number of hydrogen-bond donors (Lipinski definition) is 1. The van der Waals surface area contributed by atoms with Crippen molar-refractivity contribution in [3.05, 3.63) is 29.1 Å². The van der Waals surface area contributed by atoms with E-state index in [-0.39, 0.29) is 29.8 Å². The van der Waals surface area contributed by atoms with Gasteiger partial charge in [0, 0.05) is 18.5 Å². The smallest absolute Gasteiger partial charge is 0.340 e. The van der Waals surface area contributed by atoms with Gasteiger partial charge in [-0.15, -0.1) is 12.4 Å². The molecule has 1 aromatic carbocycles. The van der Waals surface area contributed by atoms with E-state index in [0.717, 1.165) is 31.4 Å². The topological polar surface area (TPSA) is 71.3 Å². The molecule has 2 unspecified atom stereocenters. The lowest BCUT2D eigenvalue weighted by molar-refractivity contribution is 0.0595. The Kier molecular flexibility index (Phi) is 6.63. The van der Waals surface area contributed by atoms with Crippen molar-refractivity contribution in [3.63, 3.8) is 0 Å². The van der Waals surface area contributed by atoms with Gasteiger partial charge < -0.3 is 14.8 Å². The van der Waals surface area contributed by atoms with Crippen molar-refractivity contribution in [1.82, 2.24) is 5.32 Å². The van der Waals surface area contributed by atoms with Crippen molar-refractivity contribution in [2.24, 2.45) is 11.8 Å². The third-order valence-electron chi connectivity index (χ3n) is 4.77. The fourth-order valence-corrected chi connectivity index (χ4v) is 3.14. The Morgan fingerprint density at radius 1 is 1.40 bits per heavy atom. The number of methoxy groups -OCH3 is 1. The maximum atomic E-state index is 14.2. The lowest BCUT2D eigenvalue weighted by Gasteiger charge is -2.27. The molecule has 2 atom stereocenters.